The van der Waals surface area contributed by atoms with Crippen LogP contribution in [0.15, 0.2) is 28.7 Å². The Labute approximate surface area is 202 Å². The van der Waals surface area contributed by atoms with Gasteiger partial charge in [-0.05, 0) is 25.0 Å². The average molecular weight is 538 g/mol. The Morgan fingerprint density at radius 3 is 2.54 bits per heavy atom. The third kappa shape index (κ3) is 6.82. The van der Waals surface area contributed by atoms with Gasteiger partial charge < -0.3 is 19.2 Å². The Bertz CT molecular complexity index is 1260. The SMILES string of the molecule is O=C(N[C@H]1CC[C@H](c2nnc(OCCOC(F)(F)F)o2)OC1)c1ccc2cc(C(F)(F)F)c(F)cc2n1. The fraction of sp³-hybridized carbons (Fsp3) is 0.429. The number of fused-ring (bicyclic) bond motifs is 1. The van der Waals surface area contributed by atoms with E-state index < -0.39 is 55.2 Å². The topological polar surface area (TPSA) is 109 Å². The molecule has 0 radical (unpaired) electrons. The number of aromatic nitrogens is 3. The van der Waals surface area contributed by atoms with Gasteiger partial charge in [-0.15, -0.1) is 18.3 Å². The van der Waals surface area contributed by atoms with Crippen LogP contribution in [-0.2, 0) is 15.7 Å². The number of amides is 1. The van der Waals surface area contributed by atoms with Crippen molar-refractivity contribution in [1.29, 1.82) is 0 Å². The van der Waals surface area contributed by atoms with E-state index in [1.165, 1.54) is 12.1 Å². The zero-order valence-electron chi connectivity index (χ0n) is 18.5. The molecule has 1 N–H and O–H groups in total. The summed E-state index contributed by atoms with van der Waals surface area (Å²) in [4.78, 5) is 16.5. The molecule has 1 aliphatic rings. The molecular formula is C21H17F7N4O5. The number of carbonyl (C=O) groups is 1. The summed E-state index contributed by atoms with van der Waals surface area (Å²) in [7, 11) is 0. The zero-order valence-corrected chi connectivity index (χ0v) is 18.5. The number of hydrogen-bond acceptors (Lipinski definition) is 8. The van der Waals surface area contributed by atoms with Crippen LogP contribution in [0.2, 0.25) is 0 Å². The number of rotatable bonds is 7. The van der Waals surface area contributed by atoms with E-state index in [-0.39, 0.29) is 35.2 Å². The summed E-state index contributed by atoms with van der Waals surface area (Å²) in [5.41, 5.74) is -1.66. The Balaban J connectivity index is 1.29. The van der Waals surface area contributed by atoms with Gasteiger partial charge in [0.25, 0.3) is 5.91 Å². The zero-order chi connectivity index (χ0) is 26.8. The highest BCUT2D eigenvalue weighted by Gasteiger charge is 2.35. The van der Waals surface area contributed by atoms with E-state index in [0.717, 1.165) is 0 Å². The molecule has 200 valence electrons. The van der Waals surface area contributed by atoms with Crippen LogP contribution in [0, 0.1) is 5.82 Å². The number of nitrogens with zero attached hydrogens (tertiary/aromatic N) is 3. The maximum Gasteiger partial charge on any atom is 0.522 e. The van der Waals surface area contributed by atoms with Crippen LogP contribution >= 0.6 is 0 Å². The predicted molar refractivity (Wildman–Crippen MR) is 108 cm³/mol. The maximum absolute atomic E-state index is 13.9. The summed E-state index contributed by atoms with van der Waals surface area (Å²) in [6.07, 6.45) is -9.91. The lowest BCUT2D eigenvalue weighted by Crippen LogP contribution is -2.41. The van der Waals surface area contributed by atoms with Crippen molar-refractivity contribution in [2.24, 2.45) is 0 Å². The molecule has 0 spiro atoms. The van der Waals surface area contributed by atoms with E-state index in [0.29, 0.717) is 25.0 Å². The van der Waals surface area contributed by atoms with Gasteiger partial charge in [-0.3, -0.25) is 9.53 Å². The quantitative estimate of drug-likeness (QED) is 0.350. The molecule has 1 amide bonds. The molecule has 1 saturated heterocycles. The van der Waals surface area contributed by atoms with Gasteiger partial charge in [-0.1, -0.05) is 11.2 Å². The van der Waals surface area contributed by atoms with Crippen LogP contribution < -0.4 is 10.1 Å². The van der Waals surface area contributed by atoms with Crippen molar-refractivity contribution in [3.63, 3.8) is 0 Å². The van der Waals surface area contributed by atoms with Gasteiger partial charge >= 0.3 is 18.6 Å². The highest BCUT2D eigenvalue weighted by Crippen LogP contribution is 2.33. The van der Waals surface area contributed by atoms with Crippen molar-refractivity contribution in [3.8, 4) is 6.08 Å². The minimum absolute atomic E-state index is 0.0184. The first-order chi connectivity index (χ1) is 17.4. The number of alkyl halides is 6. The second kappa shape index (κ2) is 10.5. The van der Waals surface area contributed by atoms with Crippen LogP contribution in [0.4, 0.5) is 30.7 Å². The molecule has 2 aromatic heterocycles. The number of nitrogens with one attached hydrogen (secondary N) is 1. The molecule has 2 atom stereocenters. The van der Waals surface area contributed by atoms with Crippen molar-refractivity contribution < 1.29 is 54.2 Å². The smallest absolute Gasteiger partial charge is 0.447 e. The number of ether oxygens (including phenoxy) is 3. The molecule has 3 aromatic rings. The van der Waals surface area contributed by atoms with Gasteiger partial charge in [0.1, 0.15) is 24.2 Å². The first-order valence-electron chi connectivity index (χ1n) is 10.7. The Morgan fingerprint density at radius 2 is 1.86 bits per heavy atom. The molecule has 9 nitrogen and oxygen atoms in total. The summed E-state index contributed by atoms with van der Waals surface area (Å²) < 4.78 is 108. The largest absolute Gasteiger partial charge is 0.522 e. The molecular weight excluding hydrogens is 521 g/mol. The Morgan fingerprint density at radius 1 is 1.08 bits per heavy atom. The molecule has 4 rings (SSSR count). The number of hydrogen-bond donors (Lipinski definition) is 1. The number of pyridine rings is 1. The lowest BCUT2D eigenvalue weighted by Gasteiger charge is -2.27. The Kier molecular flexibility index (Phi) is 7.49. The summed E-state index contributed by atoms with van der Waals surface area (Å²) in [6.45, 7) is -1.20. The minimum atomic E-state index is -4.87. The molecule has 1 aliphatic heterocycles. The van der Waals surface area contributed by atoms with E-state index >= 15 is 0 Å². The third-order valence-electron chi connectivity index (χ3n) is 5.20. The van der Waals surface area contributed by atoms with Gasteiger partial charge in [0.2, 0.25) is 5.89 Å². The first-order valence-corrected chi connectivity index (χ1v) is 10.7. The minimum Gasteiger partial charge on any atom is -0.447 e. The number of benzene rings is 1. The van der Waals surface area contributed by atoms with E-state index in [2.05, 4.69) is 25.2 Å². The molecule has 0 unspecified atom stereocenters. The number of halogens is 7. The third-order valence-corrected chi connectivity index (χ3v) is 5.20. The molecule has 1 fully saturated rings. The normalized spacial score (nSPS) is 18.7. The molecule has 37 heavy (non-hydrogen) atoms. The van der Waals surface area contributed by atoms with E-state index in [4.69, 9.17) is 13.9 Å². The summed E-state index contributed by atoms with van der Waals surface area (Å²) >= 11 is 0. The second-order valence-electron chi connectivity index (χ2n) is 7.84. The molecule has 16 heteroatoms. The van der Waals surface area contributed by atoms with Gasteiger partial charge in [0.05, 0.1) is 30.3 Å². The fourth-order valence-corrected chi connectivity index (χ4v) is 3.50. The van der Waals surface area contributed by atoms with Crippen LogP contribution in [0.5, 0.6) is 6.08 Å². The van der Waals surface area contributed by atoms with E-state index in [9.17, 15) is 35.5 Å². The molecule has 0 bridgehead atoms. The molecule has 0 saturated carbocycles. The summed E-state index contributed by atoms with van der Waals surface area (Å²) in [6, 6.07) is 3.25. The number of carbonyl (C=O) groups excluding carboxylic acids is 1. The average Bonchev–Trinajstić information content (AvgIpc) is 3.29. The molecule has 3 heterocycles. The Hall–Kier alpha value is -3.53. The summed E-state index contributed by atoms with van der Waals surface area (Å²) in [5, 5.41) is 9.98. The fourth-order valence-electron chi connectivity index (χ4n) is 3.50. The predicted octanol–water partition coefficient (Wildman–Crippen LogP) is 4.34. The van der Waals surface area contributed by atoms with E-state index in [1.54, 1.807) is 0 Å². The molecule has 0 aliphatic carbocycles. The van der Waals surface area contributed by atoms with Crippen molar-refractivity contribution in [3.05, 3.63) is 47.2 Å². The van der Waals surface area contributed by atoms with Gasteiger partial charge in [0.15, 0.2) is 0 Å². The monoisotopic (exact) mass is 538 g/mol. The van der Waals surface area contributed by atoms with Crippen LogP contribution in [0.25, 0.3) is 10.9 Å². The van der Waals surface area contributed by atoms with Crippen molar-refractivity contribution in [1.82, 2.24) is 20.5 Å². The van der Waals surface area contributed by atoms with Gasteiger partial charge in [-0.2, -0.15) is 13.2 Å². The maximum atomic E-state index is 13.9. The van der Waals surface area contributed by atoms with Crippen LogP contribution in [0.1, 0.15) is 40.9 Å². The summed E-state index contributed by atoms with van der Waals surface area (Å²) in [5.74, 6) is -2.10. The lowest BCUT2D eigenvalue weighted by atomic mass is 10.0. The van der Waals surface area contributed by atoms with Gasteiger partial charge in [-0.25, -0.2) is 9.37 Å². The molecule has 1 aromatic carbocycles. The van der Waals surface area contributed by atoms with Crippen molar-refractivity contribution >= 4 is 16.8 Å². The van der Waals surface area contributed by atoms with Crippen molar-refractivity contribution in [2.45, 2.75) is 37.5 Å². The van der Waals surface area contributed by atoms with Crippen LogP contribution in [0.3, 0.4) is 0 Å². The van der Waals surface area contributed by atoms with Crippen molar-refractivity contribution in [2.75, 3.05) is 19.8 Å². The first kappa shape index (κ1) is 26.5. The van der Waals surface area contributed by atoms with E-state index in [1.807, 2.05) is 0 Å². The highest BCUT2D eigenvalue weighted by molar-refractivity contribution is 5.95. The highest BCUT2D eigenvalue weighted by atomic mass is 19.4. The van der Waals surface area contributed by atoms with Gasteiger partial charge in [0, 0.05) is 11.5 Å². The lowest BCUT2D eigenvalue weighted by molar-refractivity contribution is -0.325. The second-order valence-corrected chi connectivity index (χ2v) is 7.84. The van der Waals surface area contributed by atoms with Crippen LogP contribution in [-0.4, -0.2) is 53.3 Å². The standard InChI is InChI=1S/C21H17F7N4O5/c22-13-8-15-10(7-12(13)20(23,24)25)1-3-14(30-15)17(33)29-11-2-4-16(35-9-11)18-31-32-19(37-18)34-5-6-36-21(26,27)28/h1,3,7-8,11,16H,2,4-6,9H2,(H,29,33)/t11-,16+/m0/s1.